The van der Waals surface area contributed by atoms with Gasteiger partial charge in [0.05, 0.1) is 48.3 Å². The van der Waals surface area contributed by atoms with Gasteiger partial charge in [-0.15, -0.1) is 0 Å². The summed E-state index contributed by atoms with van der Waals surface area (Å²) in [6.07, 6.45) is 6.82. The Hall–Kier alpha value is -5.27. The number of halogens is 1. The minimum atomic E-state index is -0.741. The lowest BCUT2D eigenvalue weighted by molar-refractivity contribution is -0.0828. The first-order valence-electron chi connectivity index (χ1n) is 17.0. The second-order valence-corrected chi connectivity index (χ2v) is 14.6. The number of rotatable bonds is 7. The van der Waals surface area contributed by atoms with Crippen LogP contribution in [-0.4, -0.2) is 79.9 Å². The Bertz CT molecular complexity index is 2260. The maximum Gasteiger partial charge on any atom is 0.283 e. The molecule has 0 spiro atoms. The van der Waals surface area contributed by atoms with E-state index in [-0.39, 0.29) is 33.4 Å². The molecule has 4 aromatic heterocycles. The minimum absolute atomic E-state index is 0.0542. The lowest BCUT2D eigenvalue weighted by Gasteiger charge is -2.50. The summed E-state index contributed by atoms with van der Waals surface area (Å²) in [5.41, 5.74) is 1.55. The molecule has 12 nitrogen and oxygen atoms in total. The number of nitrogens with zero attached hydrogens (tertiary/aromatic N) is 7. The van der Waals surface area contributed by atoms with Crippen LogP contribution in [0.4, 0.5) is 21.6 Å². The smallest absolute Gasteiger partial charge is 0.283 e. The number of pyridine rings is 3. The molecule has 264 valence electrons. The van der Waals surface area contributed by atoms with Crippen molar-refractivity contribution in [2.45, 2.75) is 58.2 Å². The standard InChI is InChI=1S/C38H41FN8O4/c1-22-17-46(28-20-51-21-28)23(2)16-45(22)27-7-8-33(41-15-27)43-32-12-25(18-44(6)36(32)49)29-9-10-40-35(30(29)19-48)47-37(50)34-24(14-42-47)11-26(13-31(34)39)38(3,4)5/h7-15,18-19,22-23,28H,16-17,20-21H2,1-6H3,(H,41,43). The molecule has 2 aliphatic rings. The van der Waals surface area contributed by atoms with Gasteiger partial charge in [-0.2, -0.15) is 9.78 Å². The number of aldehydes is 1. The number of hydrogen-bond acceptors (Lipinski definition) is 10. The third kappa shape index (κ3) is 6.31. The van der Waals surface area contributed by atoms with E-state index in [9.17, 15) is 14.4 Å². The third-order valence-corrected chi connectivity index (χ3v) is 9.95. The van der Waals surface area contributed by atoms with Crippen molar-refractivity contribution in [1.82, 2.24) is 29.2 Å². The zero-order chi connectivity index (χ0) is 36.2. The Morgan fingerprint density at radius 1 is 0.980 bits per heavy atom. The van der Waals surface area contributed by atoms with Gasteiger partial charge in [0.25, 0.3) is 11.1 Å². The molecule has 2 fully saturated rings. The van der Waals surface area contributed by atoms with E-state index in [1.54, 1.807) is 31.4 Å². The molecule has 0 aliphatic carbocycles. The molecule has 2 saturated heterocycles. The van der Waals surface area contributed by atoms with Crippen molar-refractivity contribution in [2.75, 3.05) is 36.5 Å². The van der Waals surface area contributed by atoms with Crippen molar-refractivity contribution in [3.05, 3.63) is 98.8 Å². The molecule has 1 aromatic carbocycles. The Morgan fingerprint density at radius 3 is 2.43 bits per heavy atom. The van der Waals surface area contributed by atoms with Crippen LogP contribution in [0.15, 0.2) is 70.8 Å². The largest absolute Gasteiger partial charge is 0.378 e. The van der Waals surface area contributed by atoms with E-state index in [0.29, 0.717) is 46.7 Å². The van der Waals surface area contributed by atoms with Gasteiger partial charge in [0.1, 0.15) is 17.3 Å². The van der Waals surface area contributed by atoms with Crippen LogP contribution in [-0.2, 0) is 17.2 Å². The van der Waals surface area contributed by atoms with Gasteiger partial charge >= 0.3 is 0 Å². The molecule has 0 saturated carbocycles. The molecule has 0 amide bonds. The van der Waals surface area contributed by atoms with Gasteiger partial charge in [0, 0.05) is 55.6 Å². The molecular formula is C38H41FN8O4. The molecule has 2 unspecified atom stereocenters. The van der Waals surface area contributed by atoms with Crippen LogP contribution in [0.2, 0.25) is 0 Å². The highest BCUT2D eigenvalue weighted by Crippen LogP contribution is 2.30. The highest BCUT2D eigenvalue weighted by molar-refractivity contribution is 5.92. The van der Waals surface area contributed by atoms with Crippen LogP contribution in [0.5, 0.6) is 0 Å². The Kier molecular flexibility index (Phi) is 8.80. The Balaban J connectivity index is 1.19. The zero-order valence-corrected chi connectivity index (χ0v) is 29.6. The van der Waals surface area contributed by atoms with E-state index in [2.05, 4.69) is 44.0 Å². The fourth-order valence-electron chi connectivity index (χ4n) is 6.97. The summed E-state index contributed by atoms with van der Waals surface area (Å²) in [7, 11) is 1.61. The number of ether oxygens (including phenoxy) is 1. The second-order valence-electron chi connectivity index (χ2n) is 14.6. The van der Waals surface area contributed by atoms with Crippen LogP contribution in [0.25, 0.3) is 27.7 Å². The SMILES string of the molecule is CC1CN(C2COC2)C(C)CN1c1ccc(Nc2cc(-c3ccnc(-n4ncc5cc(C(C)(C)C)cc(F)c5c4=O)c3C=O)cn(C)c2=O)nc1. The van der Waals surface area contributed by atoms with E-state index in [1.807, 2.05) is 39.1 Å². The number of nitrogens with one attached hydrogen (secondary N) is 1. The third-order valence-electron chi connectivity index (χ3n) is 9.95. The van der Waals surface area contributed by atoms with Crippen molar-refractivity contribution in [1.29, 1.82) is 0 Å². The van der Waals surface area contributed by atoms with Gasteiger partial charge in [0.15, 0.2) is 12.1 Å². The van der Waals surface area contributed by atoms with E-state index in [0.717, 1.165) is 42.2 Å². The monoisotopic (exact) mass is 692 g/mol. The quantitative estimate of drug-likeness (QED) is 0.237. The summed E-state index contributed by atoms with van der Waals surface area (Å²) in [6, 6.07) is 11.3. The summed E-state index contributed by atoms with van der Waals surface area (Å²) in [6.45, 7) is 13.7. The number of benzene rings is 1. The molecule has 2 aliphatic heterocycles. The first-order chi connectivity index (χ1) is 24.3. The summed E-state index contributed by atoms with van der Waals surface area (Å²) >= 11 is 0. The average Bonchev–Trinajstić information content (AvgIpc) is 3.07. The molecule has 51 heavy (non-hydrogen) atoms. The minimum Gasteiger partial charge on any atom is -0.378 e. The van der Waals surface area contributed by atoms with Gasteiger partial charge in [-0.3, -0.25) is 19.3 Å². The molecule has 6 heterocycles. The van der Waals surface area contributed by atoms with Crippen LogP contribution in [0, 0.1) is 5.82 Å². The topological polar surface area (TPSA) is 127 Å². The molecule has 5 aromatic rings. The lowest BCUT2D eigenvalue weighted by Crippen LogP contribution is -2.63. The number of fused-ring (bicyclic) bond motifs is 1. The maximum atomic E-state index is 15.4. The molecule has 0 bridgehead atoms. The second kappa shape index (κ2) is 13.1. The summed E-state index contributed by atoms with van der Waals surface area (Å²) in [5, 5.41) is 7.64. The number of aryl methyl sites for hydroxylation is 1. The number of anilines is 3. The summed E-state index contributed by atoms with van der Waals surface area (Å²) in [4.78, 5) is 53.4. The summed E-state index contributed by atoms with van der Waals surface area (Å²) < 4.78 is 23.1. The highest BCUT2D eigenvalue weighted by atomic mass is 19.1. The van der Waals surface area contributed by atoms with E-state index in [4.69, 9.17) is 4.74 Å². The summed E-state index contributed by atoms with van der Waals surface area (Å²) in [5.74, 6) is -0.253. The lowest BCUT2D eigenvalue weighted by atomic mass is 9.86. The number of carbonyl (C=O) groups excluding carboxylic acids is 1. The van der Waals surface area contributed by atoms with E-state index >= 15 is 4.39 Å². The molecule has 13 heteroatoms. The number of carbonyl (C=O) groups is 1. The normalized spacial score (nSPS) is 18.5. The molecule has 0 radical (unpaired) electrons. The van der Waals surface area contributed by atoms with Crippen LogP contribution in [0.1, 0.15) is 50.5 Å². The molecule has 7 rings (SSSR count). The molecule has 2 atom stereocenters. The van der Waals surface area contributed by atoms with Crippen molar-refractivity contribution >= 4 is 34.3 Å². The van der Waals surface area contributed by atoms with Crippen molar-refractivity contribution in [2.24, 2.45) is 7.05 Å². The number of hydrogen-bond donors (Lipinski definition) is 1. The van der Waals surface area contributed by atoms with Gasteiger partial charge < -0.3 is 19.5 Å². The van der Waals surface area contributed by atoms with E-state index in [1.165, 1.54) is 23.0 Å². The fourth-order valence-corrected chi connectivity index (χ4v) is 6.97. The van der Waals surface area contributed by atoms with Gasteiger partial charge in [-0.05, 0) is 66.8 Å². The van der Waals surface area contributed by atoms with Gasteiger partial charge in [0.2, 0.25) is 0 Å². The van der Waals surface area contributed by atoms with Crippen LogP contribution in [0.3, 0.4) is 0 Å². The first-order valence-corrected chi connectivity index (χ1v) is 17.0. The van der Waals surface area contributed by atoms with Crippen molar-refractivity contribution < 1.29 is 13.9 Å². The van der Waals surface area contributed by atoms with E-state index < -0.39 is 11.4 Å². The predicted molar refractivity (Wildman–Crippen MR) is 195 cm³/mol. The first kappa shape index (κ1) is 34.2. The fraction of sp³-hybridized carbons (Fsp3) is 0.368. The van der Waals surface area contributed by atoms with Crippen LogP contribution >= 0.6 is 0 Å². The Labute approximate surface area is 294 Å². The average molecular weight is 693 g/mol. The molecular weight excluding hydrogens is 651 g/mol. The number of piperazine rings is 1. The zero-order valence-electron chi connectivity index (χ0n) is 29.6. The van der Waals surface area contributed by atoms with Crippen molar-refractivity contribution in [3.63, 3.8) is 0 Å². The molecule has 1 N–H and O–H groups in total. The van der Waals surface area contributed by atoms with Crippen molar-refractivity contribution in [3.8, 4) is 16.9 Å². The van der Waals surface area contributed by atoms with Gasteiger partial charge in [-0.1, -0.05) is 20.8 Å². The maximum absolute atomic E-state index is 15.4. The predicted octanol–water partition coefficient (Wildman–Crippen LogP) is 4.83. The van der Waals surface area contributed by atoms with Gasteiger partial charge in [-0.25, -0.2) is 14.4 Å². The Morgan fingerprint density at radius 2 is 1.76 bits per heavy atom. The number of aromatic nitrogens is 5. The highest BCUT2D eigenvalue weighted by Gasteiger charge is 2.36. The van der Waals surface area contributed by atoms with Crippen LogP contribution < -0.4 is 21.3 Å².